The van der Waals surface area contributed by atoms with Crippen molar-refractivity contribution in [2.45, 2.75) is 6.54 Å². The van der Waals surface area contributed by atoms with Gasteiger partial charge in [0, 0.05) is 11.6 Å². The van der Waals surface area contributed by atoms with Crippen LogP contribution >= 0.6 is 23.2 Å². The summed E-state index contributed by atoms with van der Waals surface area (Å²) >= 11 is 12.4. The second-order valence-electron chi connectivity index (χ2n) is 4.42. The first-order valence-corrected chi connectivity index (χ1v) is 7.12. The highest BCUT2D eigenvalue weighted by Crippen LogP contribution is 2.28. The maximum absolute atomic E-state index is 6.28. The van der Waals surface area contributed by atoms with Gasteiger partial charge in [0.15, 0.2) is 0 Å². The molecule has 0 aliphatic heterocycles. The van der Waals surface area contributed by atoms with Crippen LogP contribution in [0.5, 0.6) is 0 Å². The molecule has 2 aromatic carbocycles. The number of rotatable bonds is 4. The monoisotopic (exact) mass is 318 g/mol. The van der Waals surface area contributed by atoms with Crippen LogP contribution < -0.4 is 5.32 Å². The van der Waals surface area contributed by atoms with E-state index in [1.165, 1.54) is 6.33 Å². The van der Waals surface area contributed by atoms with E-state index in [4.69, 9.17) is 23.2 Å². The number of halogens is 2. The van der Waals surface area contributed by atoms with Crippen LogP contribution in [0.3, 0.4) is 0 Å². The Kier molecular flexibility index (Phi) is 4.08. The average molecular weight is 319 g/mol. The van der Waals surface area contributed by atoms with E-state index in [-0.39, 0.29) is 0 Å². The number of anilines is 1. The fraction of sp³-hybridized carbons (Fsp3) is 0.0667. The minimum atomic E-state index is 0.599. The molecule has 0 aliphatic rings. The van der Waals surface area contributed by atoms with Crippen molar-refractivity contribution < 1.29 is 0 Å². The molecule has 1 aromatic heterocycles. The second-order valence-corrected chi connectivity index (χ2v) is 5.24. The highest BCUT2D eigenvalue weighted by Gasteiger charge is 2.10. The molecule has 0 saturated carbocycles. The third kappa shape index (κ3) is 3.01. The first-order chi connectivity index (χ1) is 10.3. The zero-order valence-electron chi connectivity index (χ0n) is 11.0. The number of nitrogens with zero attached hydrogens (tertiary/aromatic N) is 3. The first kappa shape index (κ1) is 13.9. The lowest BCUT2D eigenvalue weighted by Gasteiger charge is -2.13. The molecule has 1 heterocycles. The molecule has 0 amide bonds. The summed E-state index contributed by atoms with van der Waals surface area (Å²) in [6.45, 7) is 0.599. The van der Waals surface area contributed by atoms with Crippen molar-refractivity contribution in [1.82, 2.24) is 14.8 Å². The summed E-state index contributed by atoms with van der Waals surface area (Å²) in [6, 6.07) is 13.4. The molecule has 21 heavy (non-hydrogen) atoms. The Morgan fingerprint density at radius 3 is 2.57 bits per heavy atom. The SMILES string of the molecule is Clc1ccccc1CNc1cccc(Cl)c1-n1cncn1. The van der Waals surface area contributed by atoms with Crippen molar-refractivity contribution in [2.75, 3.05) is 5.32 Å². The lowest BCUT2D eigenvalue weighted by atomic mass is 10.2. The summed E-state index contributed by atoms with van der Waals surface area (Å²) in [5.74, 6) is 0. The highest BCUT2D eigenvalue weighted by atomic mass is 35.5. The fourth-order valence-electron chi connectivity index (χ4n) is 2.05. The summed E-state index contributed by atoms with van der Waals surface area (Å²) in [4.78, 5) is 3.96. The largest absolute Gasteiger partial charge is 0.379 e. The van der Waals surface area contributed by atoms with Crippen LogP contribution in [0.1, 0.15) is 5.56 Å². The molecular formula is C15H12Cl2N4. The predicted octanol–water partition coefficient (Wildman–Crippen LogP) is 4.19. The zero-order valence-corrected chi connectivity index (χ0v) is 12.5. The van der Waals surface area contributed by atoms with Gasteiger partial charge in [0.25, 0.3) is 0 Å². The molecule has 0 aliphatic carbocycles. The number of nitrogens with one attached hydrogen (secondary N) is 1. The molecular weight excluding hydrogens is 307 g/mol. The van der Waals surface area contributed by atoms with Crippen LogP contribution in [-0.2, 0) is 6.54 Å². The van der Waals surface area contributed by atoms with Crippen LogP contribution in [0.15, 0.2) is 55.1 Å². The van der Waals surface area contributed by atoms with E-state index in [0.717, 1.165) is 22.0 Å². The fourth-order valence-corrected chi connectivity index (χ4v) is 2.51. The van der Waals surface area contributed by atoms with Crippen molar-refractivity contribution >= 4 is 28.9 Å². The van der Waals surface area contributed by atoms with Gasteiger partial charge in [0.05, 0.1) is 10.7 Å². The predicted molar refractivity (Wildman–Crippen MR) is 85.1 cm³/mol. The average Bonchev–Trinajstić information content (AvgIpc) is 3.00. The lowest BCUT2D eigenvalue weighted by Crippen LogP contribution is -2.05. The lowest BCUT2D eigenvalue weighted by molar-refractivity contribution is 0.878. The van der Waals surface area contributed by atoms with E-state index >= 15 is 0 Å². The summed E-state index contributed by atoms with van der Waals surface area (Å²) in [7, 11) is 0. The number of hydrogen-bond acceptors (Lipinski definition) is 3. The molecule has 3 aromatic rings. The third-order valence-corrected chi connectivity index (χ3v) is 3.74. The maximum Gasteiger partial charge on any atom is 0.138 e. The van der Waals surface area contributed by atoms with Gasteiger partial charge in [0.1, 0.15) is 18.3 Å². The van der Waals surface area contributed by atoms with Gasteiger partial charge in [-0.1, -0.05) is 47.5 Å². The Labute approximate surface area is 132 Å². The highest BCUT2D eigenvalue weighted by molar-refractivity contribution is 6.33. The van der Waals surface area contributed by atoms with Crippen LogP contribution in [0.2, 0.25) is 10.0 Å². The molecule has 0 fully saturated rings. The van der Waals surface area contributed by atoms with Crippen molar-refractivity contribution in [3.8, 4) is 5.69 Å². The van der Waals surface area contributed by atoms with Gasteiger partial charge >= 0.3 is 0 Å². The van der Waals surface area contributed by atoms with Crippen LogP contribution in [0.25, 0.3) is 5.69 Å². The van der Waals surface area contributed by atoms with Gasteiger partial charge in [-0.25, -0.2) is 9.67 Å². The number of benzene rings is 2. The van der Waals surface area contributed by atoms with Crippen LogP contribution in [-0.4, -0.2) is 14.8 Å². The standard InChI is InChI=1S/C15H12Cl2N4/c16-12-5-2-1-4-11(12)8-19-14-7-3-6-13(17)15(14)21-10-18-9-20-21/h1-7,9-10,19H,8H2. The van der Waals surface area contributed by atoms with E-state index in [0.29, 0.717) is 11.6 Å². The molecule has 3 rings (SSSR count). The summed E-state index contributed by atoms with van der Waals surface area (Å²) in [6.07, 6.45) is 3.09. The molecule has 1 N–H and O–H groups in total. The Balaban J connectivity index is 1.90. The smallest absolute Gasteiger partial charge is 0.138 e. The number of para-hydroxylation sites is 1. The minimum Gasteiger partial charge on any atom is -0.379 e. The maximum atomic E-state index is 6.28. The van der Waals surface area contributed by atoms with E-state index in [9.17, 15) is 0 Å². The Hall–Kier alpha value is -2.04. The van der Waals surface area contributed by atoms with E-state index in [2.05, 4.69) is 15.4 Å². The van der Waals surface area contributed by atoms with Crippen LogP contribution in [0.4, 0.5) is 5.69 Å². The molecule has 6 heteroatoms. The van der Waals surface area contributed by atoms with Gasteiger partial charge in [-0.3, -0.25) is 0 Å². The van der Waals surface area contributed by atoms with Gasteiger partial charge in [0.2, 0.25) is 0 Å². The molecule has 0 bridgehead atoms. The Bertz CT molecular complexity index is 741. The van der Waals surface area contributed by atoms with Gasteiger partial charge in [-0.05, 0) is 23.8 Å². The molecule has 0 atom stereocenters. The Morgan fingerprint density at radius 2 is 1.81 bits per heavy atom. The van der Waals surface area contributed by atoms with Gasteiger partial charge in [-0.2, -0.15) is 5.10 Å². The topological polar surface area (TPSA) is 42.7 Å². The number of hydrogen-bond donors (Lipinski definition) is 1. The third-order valence-electron chi connectivity index (χ3n) is 3.06. The molecule has 0 saturated heterocycles. The Morgan fingerprint density at radius 1 is 1.00 bits per heavy atom. The quantitative estimate of drug-likeness (QED) is 0.784. The van der Waals surface area contributed by atoms with E-state index < -0.39 is 0 Å². The second kappa shape index (κ2) is 6.16. The van der Waals surface area contributed by atoms with Gasteiger partial charge < -0.3 is 5.32 Å². The molecule has 4 nitrogen and oxygen atoms in total. The molecule has 106 valence electrons. The van der Waals surface area contributed by atoms with Crippen LogP contribution in [0, 0.1) is 0 Å². The number of aromatic nitrogens is 3. The van der Waals surface area contributed by atoms with Gasteiger partial charge in [-0.15, -0.1) is 0 Å². The van der Waals surface area contributed by atoms with E-state index in [1.54, 1.807) is 11.0 Å². The minimum absolute atomic E-state index is 0.599. The van der Waals surface area contributed by atoms with Crippen molar-refractivity contribution in [3.63, 3.8) is 0 Å². The van der Waals surface area contributed by atoms with E-state index in [1.807, 2.05) is 42.5 Å². The first-order valence-electron chi connectivity index (χ1n) is 6.36. The molecule has 0 unspecified atom stereocenters. The van der Waals surface area contributed by atoms with Crippen molar-refractivity contribution in [2.24, 2.45) is 0 Å². The zero-order chi connectivity index (χ0) is 14.7. The summed E-state index contributed by atoms with van der Waals surface area (Å²) in [5.41, 5.74) is 2.65. The molecule has 0 spiro atoms. The summed E-state index contributed by atoms with van der Waals surface area (Å²) < 4.78 is 1.64. The normalized spacial score (nSPS) is 10.6. The van der Waals surface area contributed by atoms with Crippen molar-refractivity contribution in [1.29, 1.82) is 0 Å². The summed E-state index contributed by atoms with van der Waals surface area (Å²) in [5, 5.41) is 8.81. The molecule has 0 radical (unpaired) electrons. The van der Waals surface area contributed by atoms with Crippen molar-refractivity contribution in [3.05, 3.63) is 70.7 Å².